The minimum absolute atomic E-state index is 0.00522. The van der Waals surface area contributed by atoms with Crippen LogP contribution in [0.5, 0.6) is 11.5 Å². The molecule has 0 aromatic heterocycles. The van der Waals surface area contributed by atoms with E-state index in [4.69, 9.17) is 11.6 Å². The second-order valence-electron chi connectivity index (χ2n) is 8.90. The van der Waals surface area contributed by atoms with Crippen molar-refractivity contribution >= 4 is 39.7 Å². The van der Waals surface area contributed by atoms with E-state index in [1.165, 1.54) is 0 Å². The Morgan fingerprint density at radius 1 is 1.12 bits per heavy atom. The molecule has 0 radical (unpaired) electrons. The van der Waals surface area contributed by atoms with Crippen molar-refractivity contribution in [2.75, 3.05) is 14.1 Å². The number of phenolic OH excluding ortho intramolecular Hbond substituents is 2. The van der Waals surface area contributed by atoms with Crippen LogP contribution in [0.15, 0.2) is 22.7 Å². The third-order valence-electron chi connectivity index (χ3n) is 6.91. The van der Waals surface area contributed by atoms with E-state index in [1.54, 1.807) is 45.0 Å². The summed E-state index contributed by atoms with van der Waals surface area (Å²) in [6.07, 6.45) is 0.0670. The predicted octanol–water partition coefficient (Wildman–Crippen LogP) is 2.55. The van der Waals surface area contributed by atoms with Gasteiger partial charge in [0, 0.05) is 5.92 Å². The Hall–Kier alpha value is -2.74. The molecule has 0 saturated carbocycles. The molecule has 0 bridgehead atoms. The molecular weight excluding hydrogens is 434 g/mol. The average Bonchev–Trinajstić information content (AvgIpc) is 2.70. The van der Waals surface area contributed by atoms with Crippen molar-refractivity contribution in [1.29, 1.82) is 0 Å². The van der Waals surface area contributed by atoms with Gasteiger partial charge in [-0.3, -0.25) is 14.4 Å². The highest BCUT2D eigenvalue weighted by Gasteiger charge is 2.62. The smallest absolute Gasteiger partial charge is 0.207 e. The lowest BCUT2D eigenvalue weighted by Gasteiger charge is -2.47. The SMILES string of the molecule is CC(=O)C1=C(Cl)C(N(C)C)C2Cc3c(c(O)c4c(O)c(C)ccc4c3C)C(=O)C2(O)C1=O. The summed E-state index contributed by atoms with van der Waals surface area (Å²) < 4.78 is 0. The summed E-state index contributed by atoms with van der Waals surface area (Å²) in [6, 6.07) is 2.70. The number of hydrogen-bond acceptors (Lipinski definition) is 7. The largest absolute Gasteiger partial charge is 0.507 e. The van der Waals surface area contributed by atoms with Crippen LogP contribution in [0.25, 0.3) is 10.8 Å². The minimum atomic E-state index is -2.57. The number of hydrogen-bond donors (Lipinski definition) is 3. The fourth-order valence-corrected chi connectivity index (χ4v) is 5.81. The van der Waals surface area contributed by atoms with E-state index in [0.29, 0.717) is 22.1 Å². The summed E-state index contributed by atoms with van der Waals surface area (Å²) in [6.45, 7) is 4.58. The Morgan fingerprint density at radius 2 is 1.75 bits per heavy atom. The van der Waals surface area contributed by atoms with Crippen molar-refractivity contribution in [3.8, 4) is 11.5 Å². The molecule has 168 valence electrons. The van der Waals surface area contributed by atoms with Crippen LogP contribution in [0.1, 0.15) is 34.0 Å². The van der Waals surface area contributed by atoms with Gasteiger partial charge in [0.1, 0.15) is 11.5 Å². The zero-order chi connectivity index (χ0) is 23.9. The zero-order valence-corrected chi connectivity index (χ0v) is 19.2. The van der Waals surface area contributed by atoms with Gasteiger partial charge >= 0.3 is 0 Å². The lowest BCUT2D eigenvalue weighted by molar-refractivity contribution is -0.139. The Kier molecular flexibility index (Phi) is 5.01. The highest BCUT2D eigenvalue weighted by Crippen LogP contribution is 2.51. The number of Topliss-reactive ketones (excluding diaryl/α,β-unsaturated/α-hetero) is 3. The minimum Gasteiger partial charge on any atom is -0.507 e. The first kappa shape index (κ1) is 22.5. The van der Waals surface area contributed by atoms with Crippen molar-refractivity contribution in [3.05, 3.63) is 45.0 Å². The first-order valence-corrected chi connectivity index (χ1v) is 10.6. The molecule has 8 heteroatoms. The van der Waals surface area contributed by atoms with E-state index in [0.717, 1.165) is 6.92 Å². The van der Waals surface area contributed by atoms with Crippen molar-refractivity contribution in [1.82, 2.24) is 4.90 Å². The third-order valence-corrected chi connectivity index (χ3v) is 7.32. The normalized spacial score (nSPS) is 25.4. The fraction of sp³-hybridized carbons (Fsp3) is 0.375. The molecule has 7 nitrogen and oxygen atoms in total. The molecule has 3 N–H and O–H groups in total. The number of rotatable bonds is 2. The summed E-state index contributed by atoms with van der Waals surface area (Å²) in [5, 5.41) is 33.9. The van der Waals surface area contributed by atoms with Gasteiger partial charge in [-0.25, -0.2) is 0 Å². The lowest BCUT2D eigenvalue weighted by Crippen LogP contribution is -2.65. The third kappa shape index (κ3) is 2.65. The standard InChI is InChI=1S/C24H24ClNO6/c1-9-6-7-12-10(2)13-8-14-19(26(4)5)18(25)15(11(3)27)22(30)24(14,32)23(31)17(13)21(29)16(12)20(9)28/h6-7,14,19,28-29,32H,8H2,1-5H3. The molecule has 0 amide bonds. The Balaban J connectivity index is 2.09. The summed E-state index contributed by atoms with van der Waals surface area (Å²) >= 11 is 6.49. The van der Waals surface area contributed by atoms with E-state index in [2.05, 4.69) is 0 Å². The number of ketones is 3. The number of phenols is 2. The van der Waals surface area contributed by atoms with Crippen LogP contribution in [0.4, 0.5) is 0 Å². The number of likely N-dealkylation sites (N-methyl/N-ethyl adjacent to an activating group) is 1. The molecule has 2 aliphatic carbocycles. The van der Waals surface area contributed by atoms with Gasteiger partial charge in [0.15, 0.2) is 11.4 Å². The lowest BCUT2D eigenvalue weighted by atomic mass is 9.61. The van der Waals surface area contributed by atoms with Crippen molar-refractivity contribution in [2.45, 2.75) is 38.8 Å². The molecule has 4 rings (SSSR count). The van der Waals surface area contributed by atoms with E-state index < -0.39 is 46.2 Å². The van der Waals surface area contributed by atoms with Gasteiger partial charge in [-0.1, -0.05) is 23.7 Å². The average molecular weight is 458 g/mol. The molecule has 0 fully saturated rings. The number of aliphatic hydroxyl groups is 1. The molecular formula is C24H24ClNO6. The van der Waals surface area contributed by atoms with Crippen LogP contribution >= 0.6 is 11.6 Å². The number of fused-ring (bicyclic) bond motifs is 3. The summed E-state index contributed by atoms with van der Waals surface area (Å²) in [7, 11) is 3.37. The van der Waals surface area contributed by atoms with Crippen LogP contribution in [-0.4, -0.2) is 63.3 Å². The van der Waals surface area contributed by atoms with Crippen molar-refractivity contribution in [3.63, 3.8) is 0 Å². The van der Waals surface area contributed by atoms with Crippen LogP contribution in [0, 0.1) is 19.8 Å². The Morgan fingerprint density at radius 3 is 2.31 bits per heavy atom. The van der Waals surface area contributed by atoms with Crippen molar-refractivity contribution < 1.29 is 29.7 Å². The number of aryl methyl sites for hydroxylation is 2. The first-order chi connectivity index (χ1) is 14.8. The van der Waals surface area contributed by atoms with Crippen molar-refractivity contribution in [2.24, 2.45) is 5.92 Å². The molecule has 2 aliphatic rings. The maximum Gasteiger partial charge on any atom is 0.207 e. The van der Waals surface area contributed by atoms with Crippen LogP contribution in [-0.2, 0) is 16.0 Å². The number of nitrogens with zero attached hydrogens (tertiary/aromatic N) is 1. The number of halogens is 1. The molecule has 2 aromatic carbocycles. The summed E-state index contributed by atoms with van der Waals surface area (Å²) in [5.74, 6) is -4.33. The molecule has 2 aromatic rings. The first-order valence-electron chi connectivity index (χ1n) is 10.2. The van der Waals surface area contributed by atoms with E-state index in [9.17, 15) is 29.7 Å². The summed E-state index contributed by atoms with van der Waals surface area (Å²) in [4.78, 5) is 41.0. The zero-order valence-electron chi connectivity index (χ0n) is 18.4. The maximum absolute atomic E-state index is 13.7. The fourth-order valence-electron chi connectivity index (χ4n) is 5.24. The van der Waals surface area contributed by atoms with Gasteiger partial charge in [-0.15, -0.1) is 0 Å². The van der Waals surface area contributed by atoms with Gasteiger partial charge in [0.25, 0.3) is 0 Å². The topological polar surface area (TPSA) is 115 Å². The number of carbonyl (C=O) groups excluding carboxylic acids is 3. The molecule has 0 heterocycles. The van der Waals surface area contributed by atoms with Crippen LogP contribution < -0.4 is 0 Å². The van der Waals surface area contributed by atoms with Gasteiger partial charge < -0.3 is 20.2 Å². The van der Waals surface area contributed by atoms with Gasteiger partial charge in [-0.2, -0.15) is 0 Å². The molecule has 0 spiro atoms. The Bertz CT molecular complexity index is 1280. The van der Waals surface area contributed by atoms with Crippen LogP contribution in [0.2, 0.25) is 0 Å². The summed E-state index contributed by atoms with van der Waals surface area (Å²) in [5.41, 5.74) is -1.55. The number of carbonyl (C=O) groups is 3. The second-order valence-corrected chi connectivity index (χ2v) is 9.31. The molecule has 32 heavy (non-hydrogen) atoms. The van der Waals surface area contributed by atoms with Gasteiger partial charge in [0.2, 0.25) is 11.6 Å². The number of aromatic hydroxyl groups is 2. The molecule has 0 saturated heterocycles. The Labute approximate surface area is 189 Å². The molecule has 3 unspecified atom stereocenters. The second kappa shape index (κ2) is 7.13. The molecule has 0 aliphatic heterocycles. The number of benzene rings is 2. The van der Waals surface area contributed by atoms with E-state index >= 15 is 0 Å². The van der Waals surface area contributed by atoms with Gasteiger partial charge in [-0.05, 0) is 63.4 Å². The predicted molar refractivity (Wildman–Crippen MR) is 119 cm³/mol. The van der Waals surface area contributed by atoms with Crippen LogP contribution in [0.3, 0.4) is 0 Å². The monoisotopic (exact) mass is 457 g/mol. The van der Waals surface area contributed by atoms with E-state index in [-0.39, 0.29) is 28.2 Å². The van der Waals surface area contributed by atoms with E-state index in [1.807, 2.05) is 0 Å². The molecule has 3 atom stereocenters. The quantitative estimate of drug-likeness (QED) is 0.469. The maximum atomic E-state index is 13.7. The highest BCUT2D eigenvalue weighted by atomic mass is 35.5. The van der Waals surface area contributed by atoms with Gasteiger partial charge in [0.05, 0.1) is 27.6 Å². The highest BCUT2D eigenvalue weighted by molar-refractivity contribution is 6.42.